The molecule has 1 aliphatic heterocycles. The van der Waals surface area contributed by atoms with Crippen LogP contribution < -0.4 is 0 Å². The third kappa shape index (κ3) is 2.47. The van der Waals surface area contributed by atoms with Gasteiger partial charge in [-0.05, 0) is 50.2 Å². The number of rotatable bonds is 3. The first-order chi connectivity index (χ1) is 8.95. The number of amides is 2. The molecule has 2 heterocycles. The highest BCUT2D eigenvalue weighted by Gasteiger charge is 2.37. The molecule has 0 aliphatic carbocycles. The summed E-state index contributed by atoms with van der Waals surface area (Å²) in [6.45, 7) is 5.87. The van der Waals surface area contributed by atoms with Crippen LogP contribution in [0.3, 0.4) is 0 Å². The van der Waals surface area contributed by atoms with E-state index in [1.54, 1.807) is 6.08 Å². The topological polar surface area (TPSA) is 42.3 Å². The third-order valence-corrected chi connectivity index (χ3v) is 4.43. The SMILES string of the molecule is CCC(C)N1C(=O)S/C(=C/c2ccc(C)n2C)C1=O. The Labute approximate surface area is 117 Å². The van der Waals surface area contributed by atoms with Gasteiger partial charge in [0.1, 0.15) is 0 Å². The highest BCUT2D eigenvalue weighted by Crippen LogP contribution is 2.34. The summed E-state index contributed by atoms with van der Waals surface area (Å²) in [7, 11) is 1.94. The predicted molar refractivity (Wildman–Crippen MR) is 77.7 cm³/mol. The standard InChI is InChI=1S/C14H18N2O2S/c1-5-9(2)16-13(17)12(19-14(16)18)8-11-7-6-10(3)15(11)4/h6-9H,5H2,1-4H3/b12-8+. The lowest BCUT2D eigenvalue weighted by Crippen LogP contribution is -2.36. The van der Waals surface area contributed by atoms with Crippen LogP contribution in [0, 0.1) is 6.92 Å². The zero-order valence-electron chi connectivity index (χ0n) is 11.6. The summed E-state index contributed by atoms with van der Waals surface area (Å²) in [6, 6.07) is 3.89. The molecule has 102 valence electrons. The molecule has 1 aromatic rings. The molecule has 2 amide bonds. The van der Waals surface area contributed by atoms with Crippen molar-refractivity contribution in [2.75, 3.05) is 0 Å². The third-order valence-electron chi connectivity index (χ3n) is 3.55. The molecule has 1 fully saturated rings. The lowest BCUT2D eigenvalue weighted by Gasteiger charge is -2.19. The average Bonchev–Trinajstić information content (AvgIpc) is 2.83. The summed E-state index contributed by atoms with van der Waals surface area (Å²) < 4.78 is 2.00. The first kappa shape index (κ1) is 13.9. The molecule has 0 spiro atoms. The largest absolute Gasteiger partial charge is 0.348 e. The van der Waals surface area contributed by atoms with Crippen LogP contribution in [0.5, 0.6) is 0 Å². The Hall–Kier alpha value is -1.49. The molecule has 0 N–H and O–H groups in total. The number of nitrogens with zero attached hydrogens (tertiary/aromatic N) is 2. The van der Waals surface area contributed by atoms with Crippen LogP contribution in [0.25, 0.3) is 6.08 Å². The van der Waals surface area contributed by atoms with Crippen molar-refractivity contribution in [3.05, 3.63) is 28.4 Å². The van der Waals surface area contributed by atoms with E-state index in [-0.39, 0.29) is 17.2 Å². The van der Waals surface area contributed by atoms with Gasteiger partial charge in [-0.25, -0.2) is 0 Å². The van der Waals surface area contributed by atoms with E-state index in [0.29, 0.717) is 4.91 Å². The highest BCUT2D eigenvalue weighted by molar-refractivity contribution is 8.18. The fourth-order valence-electron chi connectivity index (χ4n) is 1.95. The molecule has 1 saturated heterocycles. The van der Waals surface area contributed by atoms with Gasteiger partial charge in [0, 0.05) is 24.5 Å². The summed E-state index contributed by atoms with van der Waals surface area (Å²) in [4.78, 5) is 26.0. The number of thioether (sulfide) groups is 1. The van der Waals surface area contributed by atoms with Crippen molar-refractivity contribution in [3.8, 4) is 0 Å². The van der Waals surface area contributed by atoms with Crippen LogP contribution in [0.1, 0.15) is 31.7 Å². The summed E-state index contributed by atoms with van der Waals surface area (Å²) in [5.74, 6) is -0.178. The molecule has 1 aliphatic rings. The molecule has 0 bridgehead atoms. The van der Waals surface area contributed by atoms with Crippen molar-refractivity contribution >= 4 is 29.0 Å². The molecule has 5 heteroatoms. The molecule has 2 rings (SSSR count). The summed E-state index contributed by atoms with van der Waals surface area (Å²) >= 11 is 1.02. The van der Waals surface area contributed by atoms with E-state index in [4.69, 9.17) is 0 Å². The van der Waals surface area contributed by atoms with Crippen LogP contribution >= 0.6 is 11.8 Å². The van der Waals surface area contributed by atoms with Crippen molar-refractivity contribution in [2.45, 2.75) is 33.2 Å². The molecule has 0 radical (unpaired) electrons. The number of aromatic nitrogens is 1. The lowest BCUT2D eigenvalue weighted by atomic mass is 10.2. The minimum Gasteiger partial charge on any atom is -0.348 e. The number of imide groups is 1. The van der Waals surface area contributed by atoms with Gasteiger partial charge in [0.05, 0.1) is 4.91 Å². The maximum atomic E-state index is 12.2. The minimum absolute atomic E-state index is 0.0476. The van der Waals surface area contributed by atoms with Crippen LogP contribution in [0.2, 0.25) is 0 Å². The zero-order valence-corrected chi connectivity index (χ0v) is 12.5. The summed E-state index contributed by atoms with van der Waals surface area (Å²) in [5.41, 5.74) is 2.06. The van der Waals surface area contributed by atoms with E-state index in [9.17, 15) is 9.59 Å². The normalized spacial score (nSPS) is 19.6. The number of carbonyl (C=O) groups is 2. The van der Waals surface area contributed by atoms with E-state index in [1.807, 2.05) is 44.5 Å². The molecule has 1 aromatic heterocycles. The Bertz CT molecular complexity index is 560. The van der Waals surface area contributed by atoms with Gasteiger partial charge >= 0.3 is 0 Å². The predicted octanol–water partition coefficient (Wildman–Crippen LogP) is 3.17. The Balaban J connectivity index is 2.31. The van der Waals surface area contributed by atoms with E-state index >= 15 is 0 Å². The molecule has 19 heavy (non-hydrogen) atoms. The number of aryl methyl sites for hydroxylation is 1. The van der Waals surface area contributed by atoms with Gasteiger partial charge in [-0.2, -0.15) is 0 Å². The minimum atomic E-state index is -0.178. The van der Waals surface area contributed by atoms with Crippen LogP contribution in [-0.2, 0) is 11.8 Å². The summed E-state index contributed by atoms with van der Waals surface area (Å²) in [5, 5.41) is -0.170. The second-order valence-corrected chi connectivity index (χ2v) is 5.76. The fourth-order valence-corrected chi connectivity index (χ4v) is 2.87. The van der Waals surface area contributed by atoms with Crippen LogP contribution in [0.4, 0.5) is 4.79 Å². The Morgan fingerprint density at radius 2 is 2.05 bits per heavy atom. The highest BCUT2D eigenvalue weighted by atomic mass is 32.2. The van der Waals surface area contributed by atoms with Crippen LogP contribution in [0.15, 0.2) is 17.0 Å². The van der Waals surface area contributed by atoms with E-state index in [1.165, 1.54) is 4.90 Å². The maximum Gasteiger partial charge on any atom is 0.293 e. The van der Waals surface area contributed by atoms with Crippen molar-refractivity contribution in [1.29, 1.82) is 0 Å². The number of hydrogen-bond donors (Lipinski definition) is 0. The molecule has 1 atom stereocenters. The van der Waals surface area contributed by atoms with Gasteiger partial charge in [-0.1, -0.05) is 6.92 Å². The van der Waals surface area contributed by atoms with Gasteiger partial charge < -0.3 is 4.57 Å². The van der Waals surface area contributed by atoms with Gasteiger partial charge in [-0.15, -0.1) is 0 Å². The van der Waals surface area contributed by atoms with Gasteiger partial charge in [0.25, 0.3) is 11.1 Å². The van der Waals surface area contributed by atoms with E-state index < -0.39 is 0 Å². The summed E-state index contributed by atoms with van der Waals surface area (Å²) in [6.07, 6.45) is 2.56. The van der Waals surface area contributed by atoms with Crippen molar-refractivity contribution in [1.82, 2.24) is 9.47 Å². The zero-order chi connectivity index (χ0) is 14.2. The van der Waals surface area contributed by atoms with Crippen molar-refractivity contribution < 1.29 is 9.59 Å². The quantitative estimate of drug-likeness (QED) is 0.798. The smallest absolute Gasteiger partial charge is 0.293 e. The maximum absolute atomic E-state index is 12.2. The molecule has 1 unspecified atom stereocenters. The molecule has 0 aromatic carbocycles. The second kappa shape index (κ2) is 5.25. The average molecular weight is 278 g/mol. The molecule has 4 nitrogen and oxygen atoms in total. The molecular weight excluding hydrogens is 260 g/mol. The van der Waals surface area contributed by atoms with Crippen molar-refractivity contribution in [2.24, 2.45) is 7.05 Å². The molecule has 0 saturated carbocycles. The molecular formula is C14H18N2O2S. The van der Waals surface area contributed by atoms with Gasteiger partial charge in [0.2, 0.25) is 0 Å². The van der Waals surface area contributed by atoms with Crippen LogP contribution in [-0.4, -0.2) is 26.7 Å². The lowest BCUT2D eigenvalue weighted by molar-refractivity contribution is -0.124. The fraction of sp³-hybridized carbons (Fsp3) is 0.429. The van der Waals surface area contributed by atoms with Gasteiger partial charge in [0.15, 0.2) is 0 Å². The Morgan fingerprint density at radius 3 is 2.58 bits per heavy atom. The van der Waals surface area contributed by atoms with Gasteiger partial charge in [-0.3, -0.25) is 14.5 Å². The Morgan fingerprint density at radius 1 is 1.37 bits per heavy atom. The van der Waals surface area contributed by atoms with E-state index in [0.717, 1.165) is 29.6 Å². The van der Waals surface area contributed by atoms with E-state index in [2.05, 4.69) is 0 Å². The number of hydrogen-bond acceptors (Lipinski definition) is 3. The monoisotopic (exact) mass is 278 g/mol. The van der Waals surface area contributed by atoms with Crippen molar-refractivity contribution in [3.63, 3.8) is 0 Å². The number of carbonyl (C=O) groups excluding carboxylic acids is 2. The Kier molecular flexibility index (Phi) is 3.85. The first-order valence-electron chi connectivity index (χ1n) is 6.35. The second-order valence-electron chi connectivity index (χ2n) is 4.77. The first-order valence-corrected chi connectivity index (χ1v) is 7.16.